The molecule has 2 N–H and O–H groups in total. The number of carbonyl (C=O) groups is 1. The molecule has 0 saturated carbocycles. The second kappa shape index (κ2) is 12.3. The van der Waals surface area contributed by atoms with E-state index in [2.05, 4.69) is 84.9 Å². The van der Waals surface area contributed by atoms with Crippen molar-refractivity contribution in [2.24, 2.45) is 0 Å². The summed E-state index contributed by atoms with van der Waals surface area (Å²) < 4.78 is 13.1. The van der Waals surface area contributed by atoms with E-state index in [1.165, 1.54) is 10.4 Å². The van der Waals surface area contributed by atoms with Crippen molar-refractivity contribution >= 4 is 47.8 Å². The predicted octanol–water partition coefficient (Wildman–Crippen LogP) is 4.98. The Balaban J connectivity index is 1.44. The van der Waals surface area contributed by atoms with Crippen LogP contribution in [0.15, 0.2) is 66.7 Å². The first-order chi connectivity index (χ1) is 18.8. The maximum absolute atomic E-state index is 13.2. The molecule has 1 aliphatic rings. The van der Waals surface area contributed by atoms with Crippen LogP contribution >= 0.6 is 23.2 Å². The molecule has 2 aromatic carbocycles. The zero-order valence-corrected chi connectivity index (χ0v) is 26.6. The van der Waals surface area contributed by atoms with E-state index in [9.17, 15) is 4.79 Å². The third kappa shape index (κ3) is 6.45. The van der Waals surface area contributed by atoms with E-state index in [1.54, 1.807) is 6.07 Å². The van der Waals surface area contributed by atoms with Crippen LogP contribution in [-0.2, 0) is 19.5 Å². The minimum atomic E-state index is -2.66. The lowest BCUT2D eigenvalue weighted by atomic mass is 9.98. The van der Waals surface area contributed by atoms with Crippen molar-refractivity contribution in [3.8, 4) is 0 Å². The van der Waals surface area contributed by atoms with Crippen LogP contribution in [0.25, 0.3) is 0 Å². The van der Waals surface area contributed by atoms with Crippen molar-refractivity contribution in [2.45, 2.75) is 64.3 Å². The van der Waals surface area contributed by atoms with Crippen molar-refractivity contribution in [1.82, 2.24) is 15.6 Å². The lowest BCUT2D eigenvalue weighted by Gasteiger charge is -2.44. The van der Waals surface area contributed by atoms with Gasteiger partial charge in [-0.2, -0.15) is 0 Å². The number of aryl methyl sites for hydroxylation is 1. The van der Waals surface area contributed by atoms with Gasteiger partial charge in [0.15, 0.2) is 0 Å². The second-order valence-electron chi connectivity index (χ2n) is 11.9. The molecule has 0 bridgehead atoms. The number of hydrogen-bond donors (Lipinski definition) is 2. The van der Waals surface area contributed by atoms with Crippen LogP contribution in [-0.4, -0.2) is 51.1 Å². The molecule has 1 saturated heterocycles. The van der Waals surface area contributed by atoms with Gasteiger partial charge in [0.2, 0.25) is 0 Å². The Hall–Kier alpha value is -2.26. The quantitative estimate of drug-likeness (QED) is 0.357. The first-order valence-electron chi connectivity index (χ1n) is 13.6. The van der Waals surface area contributed by atoms with E-state index in [0.717, 1.165) is 0 Å². The molecule has 4 rings (SSSR count). The number of morpholine rings is 1. The van der Waals surface area contributed by atoms with Gasteiger partial charge in [-0.1, -0.05) is 105 Å². The summed E-state index contributed by atoms with van der Waals surface area (Å²) in [5, 5.41) is 9.77. The largest absolute Gasteiger partial charge is 0.406 e. The maximum atomic E-state index is 13.2. The van der Waals surface area contributed by atoms with E-state index in [4.69, 9.17) is 32.4 Å². The number of halogens is 2. The second-order valence-corrected chi connectivity index (χ2v) is 17.0. The summed E-state index contributed by atoms with van der Waals surface area (Å²) in [4.78, 5) is 17.7. The molecule has 6 nitrogen and oxygen atoms in total. The van der Waals surface area contributed by atoms with Gasteiger partial charge in [0.05, 0.1) is 46.2 Å². The first-order valence-corrected chi connectivity index (χ1v) is 16.3. The zero-order chi connectivity index (χ0) is 29.1. The van der Waals surface area contributed by atoms with E-state index < -0.39 is 20.0 Å². The number of pyridine rings is 1. The van der Waals surface area contributed by atoms with E-state index in [0.29, 0.717) is 41.2 Å². The van der Waals surface area contributed by atoms with E-state index in [-0.39, 0.29) is 17.0 Å². The normalized spacial score (nSPS) is 18.4. The topological polar surface area (TPSA) is 72.5 Å². The Labute approximate surface area is 248 Å². The van der Waals surface area contributed by atoms with Crippen LogP contribution < -0.4 is 21.0 Å². The van der Waals surface area contributed by atoms with Crippen molar-refractivity contribution in [3.05, 3.63) is 88.2 Å². The van der Waals surface area contributed by atoms with Crippen molar-refractivity contribution in [1.29, 1.82) is 0 Å². The van der Waals surface area contributed by atoms with Gasteiger partial charge in [-0.25, -0.2) is 0 Å². The highest BCUT2D eigenvalue weighted by Crippen LogP contribution is 2.37. The molecule has 0 spiro atoms. The van der Waals surface area contributed by atoms with E-state index >= 15 is 0 Å². The maximum Gasteiger partial charge on any atom is 0.261 e. The van der Waals surface area contributed by atoms with Crippen LogP contribution in [0, 0.1) is 6.92 Å². The zero-order valence-electron chi connectivity index (χ0n) is 24.1. The molecular weight excluding hydrogens is 561 g/mol. The fraction of sp³-hybridized carbons (Fsp3) is 0.419. The fourth-order valence-corrected chi connectivity index (χ4v) is 10.5. The van der Waals surface area contributed by atoms with Gasteiger partial charge >= 0.3 is 0 Å². The van der Waals surface area contributed by atoms with Crippen molar-refractivity contribution in [3.63, 3.8) is 0 Å². The molecule has 2 heterocycles. The average Bonchev–Trinajstić information content (AvgIpc) is 2.91. The summed E-state index contributed by atoms with van der Waals surface area (Å²) in [6, 6.07) is 22.7. The van der Waals surface area contributed by atoms with Gasteiger partial charge in [-0.05, 0) is 42.2 Å². The number of ether oxygens (including phenoxy) is 1. The van der Waals surface area contributed by atoms with Gasteiger partial charge < -0.3 is 19.8 Å². The molecule has 1 aliphatic heterocycles. The molecule has 0 unspecified atom stereocenters. The number of amides is 1. The van der Waals surface area contributed by atoms with Gasteiger partial charge in [-0.15, -0.1) is 0 Å². The molecule has 214 valence electrons. The molecule has 0 aliphatic carbocycles. The molecule has 1 fully saturated rings. The Kier molecular flexibility index (Phi) is 9.44. The number of benzene rings is 2. The Bertz CT molecular complexity index is 1270. The molecule has 3 aromatic rings. The highest BCUT2D eigenvalue weighted by atomic mass is 35.5. The van der Waals surface area contributed by atoms with Gasteiger partial charge in [0, 0.05) is 6.54 Å². The lowest BCUT2D eigenvalue weighted by Crippen LogP contribution is -2.68. The minimum Gasteiger partial charge on any atom is -0.406 e. The number of aromatic nitrogens is 1. The van der Waals surface area contributed by atoms with Crippen molar-refractivity contribution in [2.75, 3.05) is 19.8 Å². The van der Waals surface area contributed by atoms with Gasteiger partial charge in [0.25, 0.3) is 14.2 Å². The average molecular weight is 601 g/mol. The number of hydrogen-bond acceptors (Lipinski definition) is 5. The van der Waals surface area contributed by atoms with Crippen molar-refractivity contribution < 1.29 is 14.0 Å². The summed E-state index contributed by atoms with van der Waals surface area (Å²) in [6.07, 6.45) is -0.643. The standard InChI is InChI=1S/C31H39Cl2N3O3Si/c1-21-25(32)17-26(33)28(35-21)31(5,6)36-29(37)27-18-34-22(19-38-27)20-39-40(30(2,3)4,23-13-9-7-10-14-23)24-15-11-8-12-16-24/h7-17,22,27,34H,18-20H2,1-6H3,(H,36,37)/t22-,27-/m0/s1. The number of nitrogens with one attached hydrogen (secondary N) is 2. The van der Waals surface area contributed by atoms with E-state index in [1.807, 2.05) is 32.9 Å². The molecule has 2 atom stereocenters. The summed E-state index contributed by atoms with van der Waals surface area (Å²) in [5.41, 5.74) is 0.406. The Morgan fingerprint density at radius 3 is 2.10 bits per heavy atom. The molecule has 1 aromatic heterocycles. The number of rotatable bonds is 8. The van der Waals surface area contributed by atoms with Gasteiger partial charge in [0.1, 0.15) is 6.10 Å². The van der Waals surface area contributed by atoms with Gasteiger partial charge in [-0.3, -0.25) is 9.78 Å². The van der Waals surface area contributed by atoms with Crippen LogP contribution in [0.2, 0.25) is 15.1 Å². The first kappa shape index (κ1) is 30.7. The Morgan fingerprint density at radius 1 is 1.02 bits per heavy atom. The number of nitrogens with zero attached hydrogens (tertiary/aromatic N) is 1. The monoisotopic (exact) mass is 599 g/mol. The van der Waals surface area contributed by atoms with Crippen LogP contribution in [0.1, 0.15) is 46.0 Å². The molecular formula is C31H39Cl2N3O3Si. The highest BCUT2D eigenvalue weighted by molar-refractivity contribution is 6.99. The summed E-state index contributed by atoms with van der Waals surface area (Å²) >= 11 is 12.6. The fourth-order valence-electron chi connectivity index (χ4n) is 5.33. The smallest absolute Gasteiger partial charge is 0.261 e. The van der Waals surface area contributed by atoms with Crippen LogP contribution in [0.3, 0.4) is 0 Å². The number of carbonyl (C=O) groups excluding carboxylic acids is 1. The minimum absolute atomic E-state index is 0.0475. The highest BCUT2D eigenvalue weighted by Gasteiger charge is 2.50. The third-order valence-corrected chi connectivity index (χ3v) is 13.1. The van der Waals surface area contributed by atoms with Crippen LogP contribution in [0.4, 0.5) is 0 Å². The summed E-state index contributed by atoms with van der Waals surface area (Å²) in [7, 11) is -2.66. The Morgan fingerprint density at radius 2 is 1.60 bits per heavy atom. The SMILES string of the molecule is Cc1nc(C(C)(C)NC(=O)[C@@H]2CN[C@H](CO[Si](c3ccccc3)(c3ccccc3)C(C)(C)C)CO2)c(Cl)cc1Cl. The molecule has 40 heavy (non-hydrogen) atoms. The predicted molar refractivity (Wildman–Crippen MR) is 165 cm³/mol. The lowest BCUT2D eigenvalue weighted by molar-refractivity contribution is -0.137. The summed E-state index contributed by atoms with van der Waals surface area (Å²) in [6.45, 7) is 13.5. The summed E-state index contributed by atoms with van der Waals surface area (Å²) in [5.74, 6) is -0.227. The molecule has 0 radical (unpaired) electrons. The molecule has 1 amide bonds. The molecule has 9 heteroatoms. The van der Waals surface area contributed by atoms with Crippen LogP contribution in [0.5, 0.6) is 0 Å². The third-order valence-electron chi connectivity index (χ3n) is 7.43.